The predicted molar refractivity (Wildman–Crippen MR) is 76.2 cm³/mol. The minimum Gasteiger partial charge on any atom is -0.207 e. The van der Waals surface area contributed by atoms with Gasteiger partial charge in [0.15, 0.2) is 0 Å². The first-order valence-corrected chi connectivity index (χ1v) is 8.79. The van der Waals surface area contributed by atoms with Crippen molar-refractivity contribution in [3.8, 4) is 0 Å². The average Bonchev–Trinajstić information content (AvgIpc) is 3.19. The van der Waals surface area contributed by atoms with Gasteiger partial charge in [-0.2, -0.15) is 4.31 Å². The van der Waals surface area contributed by atoms with E-state index in [2.05, 4.69) is 15.9 Å². The van der Waals surface area contributed by atoms with E-state index in [0.717, 1.165) is 23.7 Å². The van der Waals surface area contributed by atoms with Crippen LogP contribution in [0.25, 0.3) is 0 Å². The molecule has 0 saturated heterocycles. The Labute approximate surface area is 117 Å². The summed E-state index contributed by atoms with van der Waals surface area (Å²) < 4.78 is 26.5. The van der Waals surface area contributed by atoms with Crippen LogP contribution in [0.15, 0.2) is 29.2 Å². The van der Waals surface area contributed by atoms with Gasteiger partial charge in [0.05, 0.1) is 4.90 Å². The van der Waals surface area contributed by atoms with Gasteiger partial charge in [0.2, 0.25) is 10.0 Å². The van der Waals surface area contributed by atoms with E-state index in [1.54, 1.807) is 16.4 Å². The Morgan fingerprint density at radius 3 is 2.33 bits per heavy atom. The molecule has 2 rings (SSSR count). The highest BCUT2D eigenvalue weighted by Crippen LogP contribution is 2.31. The van der Waals surface area contributed by atoms with Crippen molar-refractivity contribution in [3.63, 3.8) is 0 Å². The number of hydrogen-bond donors (Lipinski definition) is 0. The number of rotatable bonds is 6. The monoisotopic (exact) mass is 331 g/mol. The largest absolute Gasteiger partial charge is 0.243 e. The summed E-state index contributed by atoms with van der Waals surface area (Å²) in [5.41, 5.74) is 1.08. The van der Waals surface area contributed by atoms with E-state index >= 15 is 0 Å². The molecule has 1 aliphatic carbocycles. The van der Waals surface area contributed by atoms with Crippen LogP contribution in [0.3, 0.4) is 0 Å². The highest BCUT2D eigenvalue weighted by molar-refractivity contribution is 9.08. The van der Waals surface area contributed by atoms with Crippen LogP contribution in [-0.2, 0) is 15.4 Å². The first-order valence-electron chi connectivity index (χ1n) is 6.23. The molecule has 5 heteroatoms. The molecule has 0 atom stereocenters. The zero-order chi connectivity index (χ0) is 13.2. The molecule has 0 amide bonds. The van der Waals surface area contributed by atoms with Crippen molar-refractivity contribution >= 4 is 26.0 Å². The predicted octanol–water partition coefficient (Wildman–Crippen LogP) is 3.00. The van der Waals surface area contributed by atoms with Gasteiger partial charge in [0, 0.05) is 18.4 Å². The second kappa shape index (κ2) is 5.72. The Hall–Kier alpha value is -0.390. The minimum absolute atomic E-state index is 0.398. The molecular formula is C13H18BrNO2S. The highest BCUT2D eigenvalue weighted by Gasteiger charge is 2.30. The van der Waals surface area contributed by atoms with Crippen LogP contribution in [0.5, 0.6) is 0 Å². The van der Waals surface area contributed by atoms with Gasteiger partial charge >= 0.3 is 0 Å². The third-order valence-corrected chi connectivity index (χ3v) is 5.83. The summed E-state index contributed by atoms with van der Waals surface area (Å²) in [5.74, 6) is 0.571. The van der Waals surface area contributed by atoms with Crippen molar-refractivity contribution in [1.29, 1.82) is 0 Å². The van der Waals surface area contributed by atoms with Crippen molar-refractivity contribution < 1.29 is 8.42 Å². The van der Waals surface area contributed by atoms with Gasteiger partial charge in [-0.3, -0.25) is 0 Å². The summed E-state index contributed by atoms with van der Waals surface area (Å²) in [5, 5.41) is 0.743. The van der Waals surface area contributed by atoms with E-state index in [4.69, 9.17) is 0 Å². The summed E-state index contributed by atoms with van der Waals surface area (Å²) in [6, 6.07) is 7.10. The van der Waals surface area contributed by atoms with E-state index in [1.807, 2.05) is 19.1 Å². The van der Waals surface area contributed by atoms with Crippen LogP contribution in [0.2, 0.25) is 0 Å². The lowest BCUT2D eigenvalue weighted by Crippen LogP contribution is -2.32. The first-order chi connectivity index (χ1) is 8.57. The number of halogens is 1. The van der Waals surface area contributed by atoms with Crippen molar-refractivity contribution in [1.82, 2.24) is 4.31 Å². The molecule has 0 radical (unpaired) electrons. The summed E-state index contributed by atoms with van der Waals surface area (Å²) in [4.78, 5) is 0.398. The molecule has 1 aromatic carbocycles. The molecule has 100 valence electrons. The zero-order valence-electron chi connectivity index (χ0n) is 10.5. The molecule has 1 aliphatic rings. The zero-order valence-corrected chi connectivity index (χ0v) is 12.9. The fraction of sp³-hybridized carbons (Fsp3) is 0.538. The SMILES string of the molecule is CCN(CC1CC1)S(=O)(=O)c1ccc(CBr)cc1. The van der Waals surface area contributed by atoms with Crippen molar-refractivity contribution in [2.24, 2.45) is 5.92 Å². The molecule has 0 unspecified atom stereocenters. The highest BCUT2D eigenvalue weighted by atomic mass is 79.9. The van der Waals surface area contributed by atoms with Crippen LogP contribution in [0.1, 0.15) is 25.3 Å². The van der Waals surface area contributed by atoms with Gasteiger partial charge in [-0.05, 0) is 36.5 Å². The number of alkyl halides is 1. The Balaban J connectivity index is 2.21. The molecule has 0 heterocycles. The van der Waals surface area contributed by atoms with Crippen LogP contribution >= 0.6 is 15.9 Å². The quantitative estimate of drug-likeness (QED) is 0.751. The van der Waals surface area contributed by atoms with E-state index in [1.165, 1.54) is 0 Å². The van der Waals surface area contributed by atoms with Gasteiger partial charge in [-0.25, -0.2) is 8.42 Å². The van der Waals surface area contributed by atoms with Gasteiger partial charge < -0.3 is 0 Å². The van der Waals surface area contributed by atoms with E-state index < -0.39 is 10.0 Å². The molecule has 0 N–H and O–H groups in total. The third kappa shape index (κ3) is 3.13. The maximum atomic E-state index is 12.4. The lowest BCUT2D eigenvalue weighted by molar-refractivity contribution is 0.412. The van der Waals surface area contributed by atoms with E-state index in [9.17, 15) is 8.42 Å². The normalized spacial score (nSPS) is 16.2. The molecular weight excluding hydrogens is 314 g/mol. The summed E-state index contributed by atoms with van der Waals surface area (Å²) in [7, 11) is -3.31. The molecule has 0 bridgehead atoms. The fourth-order valence-electron chi connectivity index (χ4n) is 1.89. The van der Waals surface area contributed by atoms with Crippen LogP contribution < -0.4 is 0 Å². The second-order valence-electron chi connectivity index (χ2n) is 4.68. The lowest BCUT2D eigenvalue weighted by Gasteiger charge is -2.20. The molecule has 18 heavy (non-hydrogen) atoms. The standard InChI is InChI=1S/C13H18BrNO2S/c1-2-15(10-12-3-4-12)18(16,17)13-7-5-11(9-14)6-8-13/h5-8,12H,2-4,9-10H2,1H3. The lowest BCUT2D eigenvalue weighted by atomic mass is 10.2. The fourth-order valence-corrected chi connectivity index (χ4v) is 3.78. The van der Waals surface area contributed by atoms with Gasteiger partial charge in [0.1, 0.15) is 0 Å². The molecule has 1 aromatic rings. The van der Waals surface area contributed by atoms with Gasteiger partial charge in [-0.1, -0.05) is 35.0 Å². The molecule has 1 saturated carbocycles. The second-order valence-corrected chi connectivity index (χ2v) is 7.18. The van der Waals surface area contributed by atoms with Crippen molar-refractivity contribution in [2.75, 3.05) is 13.1 Å². The Kier molecular flexibility index (Phi) is 4.45. The Morgan fingerprint density at radius 2 is 1.89 bits per heavy atom. The van der Waals surface area contributed by atoms with Crippen molar-refractivity contribution in [2.45, 2.75) is 30.0 Å². The average molecular weight is 332 g/mol. The topological polar surface area (TPSA) is 37.4 Å². The molecule has 3 nitrogen and oxygen atoms in total. The van der Waals surface area contributed by atoms with E-state index in [-0.39, 0.29) is 0 Å². The van der Waals surface area contributed by atoms with Crippen molar-refractivity contribution in [3.05, 3.63) is 29.8 Å². The molecule has 1 fully saturated rings. The van der Waals surface area contributed by atoms with Crippen LogP contribution in [-0.4, -0.2) is 25.8 Å². The maximum Gasteiger partial charge on any atom is 0.243 e. The third-order valence-electron chi connectivity index (χ3n) is 3.23. The maximum absolute atomic E-state index is 12.4. The number of hydrogen-bond acceptors (Lipinski definition) is 2. The molecule has 0 spiro atoms. The summed E-state index contributed by atoms with van der Waals surface area (Å²) in [6.45, 7) is 3.10. The first kappa shape index (κ1) is 14.0. The van der Waals surface area contributed by atoms with Gasteiger partial charge in [-0.15, -0.1) is 0 Å². The number of nitrogens with zero attached hydrogens (tertiary/aromatic N) is 1. The smallest absolute Gasteiger partial charge is 0.207 e. The molecule has 0 aromatic heterocycles. The summed E-state index contributed by atoms with van der Waals surface area (Å²) >= 11 is 3.36. The minimum atomic E-state index is -3.31. The summed E-state index contributed by atoms with van der Waals surface area (Å²) in [6.07, 6.45) is 2.32. The Morgan fingerprint density at radius 1 is 1.28 bits per heavy atom. The number of benzene rings is 1. The Bertz CT molecular complexity index is 494. The molecule has 0 aliphatic heterocycles. The van der Waals surface area contributed by atoms with Crippen LogP contribution in [0.4, 0.5) is 0 Å². The number of sulfonamides is 1. The van der Waals surface area contributed by atoms with E-state index in [0.29, 0.717) is 23.9 Å². The van der Waals surface area contributed by atoms with Crippen LogP contribution in [0, 0.1) is 5.92 Å². The van der Waals surface area contributed by atoms with Gasteiger partial charge in [0.25, 0.3) is 0 Å².